The van der Waals surface area contributed by atoms with Gasteiger partial charge in [-0.15, -0.1) is 0 Å². The van der Waals surface area contributed by atoms with Crippen LogP contribution in [0.25, 0.3) is 0 Å². The summed E-state index contributed by atoms with van der Waals surface area (Å²) in [6.07, 6.45) is 1.07. The van der Waals surface area contributed by atoms with E-state index >= 15 is 0 Å². The van der Waals surface area contributed by atoms with E-state index in [2.05, 4.69) is 9.71 Å². The van der Waals surface area contributed by atoms with Crippen LogP contribution in [0.5, 0.6) is 0 Å². The third kappa shape index (κ3) is 3.11. The van der Waals surface area contributed by atoms with Gasteiger partial charge < -0.3 is 10.1 Å². The third-order valence-corrected chi connectivity index (χ3v) is 4.24. The number of H-pyrrole nitrogens is 1. The number of aromatic carboxylic acids is 1. The van der Waals surface area contributed by atoms with Gasteiger partial charge in [-0.3, -0.25) is 9.52 Å². The predicted octanol–water partition coefficient (Wildman–Crippen LogP) is 1.18. The highest BCUT2D eigenvalue weighted by Crippen LogP contribution is 2.22. The van der Waals surface area contributed by atoms with E-state index in [9.17, 15) is 18.0 Å². The van der Waals surface area contributed by atoms with Gasteiger partial charge in [0, 0.05) is 12.3 Å². The molecule has 0 radical (unpaired) electrons. The number of sulfonamides is 1. The van der Waals surface area contributed by atoms with Crippen molar-refractivity contribution in [3.05, 3.63) is 58.0 Å². The molecule has 0 saturated heterocycles. The fourth-order valence-electron chi connectivity index (χ4n) is 1.75. The van der Waals surface area contributed by atoms with Gasteiger partial charge in [0.25, 0.3) is 10.0 Å². The van der Waals surface area contributed by atoms with Crippen LogP contribution in [-0.2, 0) is 10.0 Å². The highest BCUT2D eigenvalue weighted by Gasteiger charge is 2.17. The summed E-state index contributed by atoms with van der Waals surface area (Å²) in [4.78, 5) is 24.1. The van der Waals surface area contributed by atoms with Crippen LogP contribution >= 0.6 is 0 Å². The molecule has 2 aromatic rings. The second kappa shape index (κ2) is 5.41. The molecule has 1 heterocycles. The van der Waals surface area contributed by atoms with Crippen molar-refractivity contribution in [2.24, 2.45) is 0 Å². The van der Waals surface area contributed by atoms with Crippen LogP contribution in [0.2, 0.25) is 0 Å². The van der Waals surface area contributed by atoms with Gasteiger partial charge in [-0.05, 0) is 30.7 Å². The molecule has 110 valence electrons. The van der Waals surface area contributed by atoms with Gasteiger partial charge in [0.15, 0.2) is 0 Å². The largest absolute Gasteiger partial charge is 0.478 e. The van der Waals surface area contributed by atoms with Crippen LogP contribution in [0, 0.1) is 6.92 Å². The van der Waals surface area contributed by atoms with Crippen molar-refractivity contribution in [1.29, 1.82) is 0 Å². The minimum atomic E-state index is -3.91. The predicted molar refractivity (Wildman–Crippen MR) is 76.0 cm³/mol. The number of benzene rings is 1. The van der Waals surface area contributed by atoms with Crippen molar-refractivity contribution in [3.63, 3.8) is 0 Å². The molecule has 3 N–H and O–H groups in total. The number of carboxylic acids is 1. The summed E-state index contributed by atoms with van der Waals surface area (Å²) in [7, 11) is -3.91. The molecule has 0 aliphatic carbocycles. The van der Waals surface area contributed by atoms with E-state index < -0.39 is 21.6 Å². The highest BCUT2D eigenvalue weighted by molar-refractivity contribution is 7.92. The summed E-state index contributed by atoms with van der Waals surface area (Å²) in [5.41, 5.74) is 0.0637. The number of rotatable bonds is 4. The topological polar surface area (TPSA) is 116 Å². The van der Waals surface area contributed by atoms with Crippen molar-refractivity contribution in [2.45, 2.75) is 11.8 Å². The molecular formula is C13H12N2O5S. The minimum Gasteiger partial charge on any atom is -0.478 e. The van der Waals surface area contributed by atoms with Crippen LogP contribution in [0.4, 0.5) is 5.69 Å². The lowest BCUT2D eigenvalue weighted by Gasteiger charge is -2.11. The van der Waals surface area contributed by atoms with Gasteiger partial charge in [0.2, 0.25) is 5.56 Å². The zero-order valence-corrected chi connectivity index (χ0v) is 11.8. The average molecular weight is 308 g/mol. The molecule has 0 spiro atoms. The summed E-state index contributed by atoms with van der Waals surface area (Å²) in [5.74, 6) is -1.14. The summed E-state index contributed by atoms with van der Waals surface area (Å²) in [6.45, 7) is 1.51. The number of aromatic nitrogens is 1. The average Bonchev–Trinajstić information content (AvgIpc) is 2.41. The highest BCUT2D eigenvalue weighted by atomic mass is 32.2. The fraction of sp³-hybridized carbons (Fsp3) is 0.0769. The van der Waals surface area contributed by atoms with Crippen LogP contribution in [-0.4, -0.2) is 24.5 Å². The van der Waals surface area contributed by atoms with Crippen LogP contribution in [0.3, 0.4) is 0 Å². The summed E-state index contributed by atoms with van der Waals surface area (Å²) < 4.78 is 26.6. The van der Waals surface area contributed by atoms with Crippen LogP contribution in [0.15, 0.2) is 46.2 Å². The number of carboxylic acid groups (broad SMARTS) is 1. The number of aromatic amines is 1. The fourth-order valence-corrected chi connectivity index (χ4v) is 2.83. The number of anilines is 1. The minimum absolute atomic E-state index is 0.0108. The van der Waals surface area contributed by atoms with E-state index in [-0.39, 0.29) is 16.1 Å². The smallest absolute Gasteiger partial charge is 0.336 e. The normalized spacial score (nSPS) is 11.1. The van der Waals surface area contributed by atoms with Crippen LogP contribution < -0.4 is 10.3 Å². The Bertz CT molecular complexity index is 835. The molecule has 0 aliphatic rings. The number of pyridine rings is 1. The number of hydrogen-bond donors (Lipinski definition) is 3. The zero-order chi connectivity index (χ0) is 15.6. The monoisotopic (exact) mass is 308 g/mol. The van der Waals surface area contributed by atoms with Crippen molar-refractivity contribution in [3.8, 4) is 0 Å². The number of nitrogens with one attached hydrogen (secondary N) is 2. The first kappa shape index (κ1) is 14.8. The first-order valence-electron chi connectivity index (χ1n) is 5.86. The molecule has 0 aliphatic heterocycles. The molecule has 2 rings (SSSR count). The number of hydrogen-bond acceptors (Lipinski definition) is 4. The van der Waals surface area contributed by atoms with Gasteiger partial charge in [0.1, 0.15) is 4.90 Å². The lowest BCUT2D eigenvalue weighted by molar-refractivity contribution is 0.0696. The Balaban J connectivity index is 2.42. The summed E-state index contributed by atoms with van der Waals surface area (Å²) in [5, 5.41) is 9.02. The van der Waals surface area contributed by atoms with E-state index in [1.165, 1.54) is 25.1 Å². The Kier molecular flexibility index (Phi) is 3.81. The molecule has 0 fully saturated rings. The van der Waals surface area contributed by atoms with Gasteiger partial charge in [0.05, 0.1) is 11.3 Å². The third-order valence-electron chi connectivity index (χ3n) is 2.87. The molecule has 0 unspecified atom stereocenters. The molecule has 0 amide bonds. The second-order valence-corrected chi connectivity index (χ2v) is 5.96. The molecular weight excluding hydrogens is 296 g/mol. The van der Waals surface area contributed by atoms with E-state index in [0.717, 1.165) is 18.3 Å². The van der Waals surface area contributed by atoms with Gasteiger partial charge in [-0.25, -0.2) is 13.2 Å². The van der Waals surface area contributed by atoms with Gasteiger partial charge in [-0.1, -0.05) is 6.07 Å². The zero-order valence-electron chi connectivity index (χ0n) is 11.0. The summed E-state index contributed by atoms with van der Waals surface area (Å²) >= 11 is 0. The Labute approximate surface area is 120 Å². The molecule has 1 aromatic heterocycles. The molecule has 8 heteroatoms. The molecule has 7 nitrogen and oxygen atoms in total. The SMILES string of the molecule is Cc1c(NS(=O)(=O)c2ccc(=O)[nH]c2)cccc1C(=O)O. The van der Waals surface area contributed by atoms with E-state index in [4.69, 9.17) is 5.11 Å². The standard InChI is InChI=1S/C13H12N2O5S/c1-8-10(13(17)18)3-2-4-11(8)15-21(19,20)9-5-6-12(16)14-7-9/h2-7,15H,1H3,(H,14,16)(H,17,18). The lowest BCUT2D eigenvalue weighted by atomic mass is 10.1. The van der Waals surface area contributed by atoms with Crippen LogP contribution in [0.1, 0.15) is 15.9 Å². The van der Waals surface area contributed by atoms with E-state index in [1.54, 1.807) is 0 Å². The Morgan fingerprint density at radius 2 is 1.95 bits per heavy atom. The van der Waals surface area contributed by atoms with E-state index in [1.807, 2.05) is 0 Å². The maximum absolute atomic E-state index is 12.2. The Morgan fingerprint density at radius 3 is 2.52 bits per heavy atom. The van der Waals surface area contributed by atoms with Crippen molar-refractivity contribution >= 4 is 21.7 Å². The summed E-state index contributed by atoms with van der Waals surface area (Å²) in [6, 6.07) is 6.55. The van der Waals surface area contributed by atoms with Crippen molar-refractivity contribution < 1.29 is 18.3 Å². The molecule has 0 saturated carbocycles. The molecule has 21 heavy (non-hydrogen) atoms. The first-order chi connectivity index (χ1) is 9.81. The molecule has 0 atom stereocenters. The number of carbonyl (C=O) groups is 1. The Morgan fingerprint density at radius 1 is 1.24 bits per heavy atom. The molecule has 0 bridgehead atoms. The molecule has 1 aromatic carbocycles. The quantitative estimate of drug-likeness (QED) is 0.784. The van der Waals surface area contributed by atoms with Gasteiger partial charge >= 0.3 is 5.97 Å². The Hall–Kier alpha value is -2.61. The van der Waals surface area contributed by atoms with Crippen molar-refractivity contribution in [1.82, 2.24) is 4.98 Å². The maximum atomic E-state index is 12.2. The van der Waals surface area contributed by atoms with Gasteiger partial charge in [-0.2, -0.15) is 0 Å². The second-order valence-electron chi connectivity index (χ2n) is 4.28. The lowest BCUT2D eigenvalue weighted by Crippen LogP contribution is -2.16. The van der Waals surface area contributed by atoms with E-state index in [0.29, 0.717) is 5.56 Å². The maximum Gasteiger partial charge on any atom is 0.336 e. The first-order valence-corrected chi connectivity index (χ1v) is 7.34. The van der Waals surface area contributed by atoms with Crippen molar-refractivity contribution in [2.75, 3.05) is 4.72 Å².